The third-order valence-corrected chi connectivity index (χ3v) is 2.61. The molecule has 0 atom stereocenters. The zero-order chi connectivity index (χ0) is 10.8. The van der Waals surface area contributed by atoms with Gasteiger partial charge in [0.05, 0.1) is 5.57 Å². The number of benzene rings is 1. The van der Waals surface area contributed by atoms with Gasteiger partial charge in [-0.3, -0.25) is 0 Å². The smallest absolute Gasteiger partial charge is 0.102 e. The minimum atomic E-state index is 0.584. The Morgan fingerprint density at radius 1 is 1.40 bits per heavy atom. The molecule has 0 saturated carbocycles. The summed E-state index contributed by atoms with van der Waals surface area (Å²) in [5.74, 6) is 0. The predicted molar refractivity (Wildman–Crippen MR) is 60.6 cm³/mol. The molecule has 1 aliphatic carbocycles. The lowest BCUT2D eigenvalue weighted by molar-refractivity contribution is 1.28. The molecule has 0 aromatic heterocycles. The predicted octanol–water partition coefficient (Wildman–Crippen LogP) is 2.38. The maximum atomic E-state index is 9.05. The molecule has 0 amide bonds. The first-order valence-electron chi connectivity index (χ1n) is 4.89. The normalized spacial score (nSPS) is 15.1. The standard InChI is InChI=1S/C13H12N2/c1-9(15)13(8-14)12-7-6-10-4-2-3-5-11(10)12/h2-5,7H,6,15H2,1H3. The van der Waals surface area contributed by atoms with Crippen LogP contribution < -0.4 is 5.73 Å². The van der Waals surface area contributed by atoms with E-state index in [1.54, 1.807) is 6.92 Å². The van der Waals surface area contributed by atoms with E-state index in [0.29, 0.717) is 11.3 Å². The van der Waals surface area contributed by atoms with Gasteiger partial charge in [0.2, 0.25) is 0 Å². The highest BCUT2D eigenvalue weighted by Gasteiger charge is 2.17. The fourth-order valence-electron chi connectivity index (χ4n) is 1.88. The van der Waals surface area contributed by atoms with Crippen LogP contribution in [0.5, 0.6) is 0 Å². The van der Waals surface area contributed by atoms with Crippen LogP contribution in [0.1, 0.15) is 18.1 Å². The topological polar surface area (TPSA) is 49.8 Å². The minimum absolute atomic E-state index is 0.584. The van der Waals surface area contributed by atoms with E-state index in [2.05, 4.69) is 18.2 Å². The highest BCUT2D eigenvalue weighted by molar-refractivity contribution is 5.87. The van der Waals surface area contributed by atoms with Crippen LogP contribution in [0.15, 0.2) is 41.6 Å². The van der Waals surface area contributed by atoms with E-state index in [1.165, 1.54) is 5.56 Å². The Kier molecular flexibility index (Phi) is 2.31. The molecule has 2 heteroatoms. The number of rotatable bonds is 1. The second-order valence-corrected chi connectivity index (χ2v) is 3.65. The number of nitrogens with zero attached hydrogens (tertiary/aromatic N) is 1. The van der Waals surface area contributed by atoms with Crippen molar-refractivity contribution in [3.05, 3.63) is 52.7 Å². The quantitative estimate of drug-likeness (QED) is 0.701. The first-order chi connectivity index (χ1) is 7.24. The van der Waals surface area contributed by atoms with Gasteiger partial charge in [-0.15, -0.1) is 0 Å². The molecular formula is C13H12N2. The molecule has 2 nitrogen and oxygen atoms in total. The van der Waals surface area contributed by atoms with Crippen molar-refractivity contribution in [2.75, 3.05) is 0 Å². The number of hydrogen-bond acceptors (Lipinski definition) is 2. The van der Waals surface area contributed by atoms with Crippen molar-refractivity contribution in [1.29, 1.82) is 5.26 Å². The molecule has 15 heavy (non-hydrogen) atoms. The second kappa shape index (κ2) is 3.62. The van der Waals surface area contributed by atoms with E-state index in [1.807, 2.05) is 18.2 Å². The van der Waals surface area contributed by atoms with Gasteiger partial charge in [0.25, 0.3) is 0 Å². The van der Waals surface area contributed by atoms with Crippen molar-refractivity contribution >= 4 is 5.57 Å². The van der Waals surface area contributed by atoms with Crippen LogP contribution in [0.4, 0.5) is 0 Å². The summed E-state index contributed by atoms with van der Waals surface area (Å²) in [7, 11) is 0. The van der Waals surface area contributed by atoms with Gasteiger partial charge >= 0.3 is 0 Å². The van der Waals surface area contributed by atoms with Crippen LogP contribution in [0.3, 0.4) is 0 Å². The molecule has 1 aromatic carbocycles. The molecule has 0 aliphatic heterocycles. The number of nitriles is 1. The molecule has 74 valence electrons. The van der Waals surface area contributed by atoms with Gasteiger partial charge in [-0.25, -0.2) is 0 Å². The van der Waals surface area contributed by atoms with Crippen molar-refractivity contribution < 1.29 is 0 Å². The summed E-state index contributed by atoms with van der Waals surface area (Å²) in [4.78, 5) is 0. The SMILES string of the molecule is CC(N)=C(C#N)C1=CCc2ccccc21. The van der Waals surface area contributed by atoms with E-state index >= 15 is 0 Å². The molecule has 0 unspecified atom stereocenters. The maximum absolute atomic E-state index is 9.05. The van der Waals surface area contributed by atoms with Crippen molar-refractivity contribution in [3.63, 3.8) is 0 Å². The molecule has 1 aromatic rings. The maximum Gasteiger partial charge on any atom is 0.102 e. The average Bonchev–Trinajstić information content (AvgIpc) is 2.63. The van der Waals surface area contributed by atoms with Gasteiger partial charge in [0.1, 0.15) is 6.07 Å². The van der Waals surface area contributed by atoms with Crippen LogP contribution in [0, 0.1) is 11.3 Å². The minimum Gasteiger partial charge on any atom is -0.401 e. The summed E-state index contributed by atoms with van der Waals surface area (Å²) in [6.45, 7) is 1.76. The van der Waals surface area contributed by atoms with Crippen molar-refractivity contribution in [2.24, 2.45) is 5.73 Å². The molecule has 0 heterocycles. The fourth-order valence-corrected chi connectivity index (χ4v) is 1.88. The Labute approximate surface area is 89.3 Å². The van der Waals surface area contributed by atoms with Crippen LogP contribution >= 0.6 is 0 Å². The lowest BCUT2D eigenvalue weighted by atomic mass is 9.99. The molecule has 1 aliphatic rings. The summed E-state index contributed by atoms with van der Waals surface area (Å²) in [5.41, 5.74) is 10.3. The van der Waals surface area contributed by atoms with E-state index in [0.717, 1.165) is 17.6 Å². The monoisotopic (exact) mass is 196 g/mol. The average molecular weight is 196 g/mol. The Bertz CT molecular complexity index is 498. The van der Waals surface area contributed by atoms with Crippen molar-refractivity contribution in [3.8, 4) is 6.07 Å². The first kappa shape index (κ1) is 9.54. The number of allylic oxidation sites excluding steroid dienone is 4. The molecule has 0 fully saturated rings. The number of fused-ring (bicyclic) bond motifs is 1. The van der Waals surface area contributed by atoms with Crippen LogP contribution in [0.25, 0.3) is 5.57 Å². The van der Waals surface area contributed by atoms with E-state index in [9.17, 15) is 0 Å². The highest BCUT2D eigenvalue weighted by Crippen LogP contribution is 2.32. The summed E-state index contributed by atoms with van der Waals surface area (Å²) < 4.78 is 0. The highest BCUT2D eigenvalue weighted by atomic mass is 14.6. The first-order valence-corrected chi connectivity index (χ1v) is 4.89. The number of hydrogen-bond donors (Lipinski definition) is 1. The van der Waals surface area contributed by atoms with Gasteiger partial charge in [0.15, 0.2) is 0 Å². The zero-order valence-corrected chi connectivity index (χ0v) is 8.62. The van der Waals surface area contributed by atoms with Gasteiger partial charge in [-0.2, -0.15) is 5.26 Å². The van der Waals surface area contributed by atoms with Gasteiger partial charge in [0, 0.05) is 5.70 Å². The van der Waals surface area contributed by atoms with Crippen LogP contribution in [0.2, 0.25) is 0 Å². The molecule has 0 spiro atoms. The fraction of sp³-hybridized carbons (Fsp3) is 0.154. The van der Waals surface area contributed by atoms with Crippen LogP contribution in [-0.2, 0) is 6.42 Å². The third-order valence-electron chi connectivity index (χ3n) is 2.61. The zero-order valence-electron chi connectivity index (χ0n) is 8.62. The Morgan fingerprint density at radius 3 is 2.80 bits per heavy atom. The summed E-state index contributed by atoms with van der Waals surface area (Å²) in [5, 5.41) is 9.05. The molecule has 2 rings (SSSR count). The van der Waals surface area contributed by atoms with Crippen molar-refractivity contribution in [2.45, 2.75) is 13.3 Å². The molecular weight excluding hydrogens is 184 g/mol. The van der Waals surface area contributed by atoms with Gasteiger partial charge in [-0.05, 0) is 30.0 Å². The van der Waals surface area contributed by atoms with Crippen molar-refractivity contribution in [1.82, 2.24) is 0 Å². The Balaban J connectivity index is 2.53. The molecule has 0 saturated heterocycles. The third kappa shape index (κ3) is 1.53. The Hall–Kier alpha value is -2.01. The lowest BCUT2D eigenvalue weighted by Crippen LogP contribution is -1.98. The molecule has 0 bridgehead atoms. The Morgan fingerprint density at radius 2 is 2.13 bits per heavy atom. The lowest BCUT2D eigenvalue weighted by Gasteiger charge is -2.05. The van der Waals surface area contributed by atoms with E-state index in [-0.39, 0.29) is 0 Å². The summed E-state index contributed by atoms with van der Waals surface area (Å²) in [6.07, 6.45) is 2.96. The molecule has 0 radical (unpaired) electrons. The van der Waals surface area contributed by atoms with E-state index < -0.39 is 0 Å². The molecule has 2 N–H and O–H groups in total. The summed E-state index contributed by atoms with van der Waals surface area (Å²) in [6, 6.07) is 10.3. The summed E-state index contributed by atoms with van der Waals surface area (Å²) >= 11 is 0. The van der Waals surface area contributed by atoms with Crippen LogP contribution in [-0.4, -0.2) is 0 Å². The second-order valence-electron chi connectivity index (χ2n) is 3.65. The van der Waals surface area contributed by atoms with Gasteiger partial charge < -0.3 is 5.73 Å². The number of nitrogens with two attached hydrogens (primary N) is 1. The largest absolute Gasteiger partial charge is 0.401 e. The van der Waals surface area contributed by atoms with Gasteiger partial charge in [-0.1, -0.05) is 30.3 Å². The van der Waals surface area contributed by atoms with E-state index in [4.69, 9.17) is 11.0 Å².